The zero-order valence-corrected chi connectivity index (χ0v) is 18.5. The maximum atomic E-state index is 13.4. The van der Waals surface area contributed by atoms with E-state index < -0.39 is 6.04 Å². The van der Waals surface area contributed by atoms with Gasteiger partial charge in [0.05, 0.1) is 12.2 Å². The molecular formula is C25H26N4O3. The van der Waals surface area contributed by atoms with Crippen LogP contribution in [0.25, 0.3) is 0 Å². The van der Waals surface area contributed by atoms with Crippen molar-refractivity contribution in [3.8, 4) is 5.75 Å². The van der Waals surface area contributed by atoms with Gasteiger partial charge < -0.3 is 14.5 Å². The number of likely N-dealkylation sites (N-methyl/N-ethyl adjacent to an activating group) is 1. The van der Waals surface area contributed by atoms with Crippen molar-refractivity contribution in [2.45, 2.75) is 32.9 Å². The third kappa shape index (κ3) is 3.34. The molecular weight excluding hydrogens is 404 g/mol. The topological polar surface area (TPSA) is 67.7 Å². The van der Waals surface area contributed by atoms with Crippen LogP contribution in [0.5, 0.6) is 5.75 Å². The van der Waals surface area contributed by atoms with Crippen LogP contribution in [0, 0.1) is 13.8 Å². The van der Waals surface area contributed by atoms with Crippen LogP contribution in [0.2, 0.25) is 0 Å². The first kappa shape index (κ1) is 20.3. The molecule has 32 heavy (non-hydrogen) atoms. The van der Waals surface area contributed by atoms with Gasteiger partial charge in [0.2, 0.25) is 0 Å². The number of carbonyl (C=O) groups is 2. The summed E-state index contributed by atoms with van der Waals surface area (Å²) in [5.41, 5.74) is 5.69. The van der Waals surface area contributed by atoms with Gasteiger partial charge in [0.25, 0.3) is 11.8 Å². The second kappa shape index (κ2) is 7.82. The first-order valence-corrected chi connectivity index (χ1v) is 10.9. The Morgan fingerprint density at radius 2 is 1.81 bits per heavy atom. The van der Waals surface area contributed by atoms with Gasteiger partial charge in [0.1, 0.15) is 18.4 Å². The Morgan fingerprint density at radius 1 is 1.06 bits per heavy atom. The van der Waals surface area contributed by atoms with Crippen LogP contribution < -0.4 is 9.64 Å². The van der Waals surface area contributed by atoms with Crippen molar-refractivity contribution in [3.63, 3.8) is 0 Å². The fourth-order valence-electron chi connectivity index (χ4n) is 4.60. The lowest BCUT2D eigenvalue weighted by molar-refractivity contribution is -0.123. The molecule has 0 saturated heterocycles. The number of nitrogens with zero attached hydrogens (tertiary/aromatic N) is 4. The SMILES string of the molecule is Cc1cccc(C)c1Cn1cc2c(n1)C(=O)N([C@H]1COc3ccccc3N(C)C1=O)CC2. The van der Waals surface area contributed by atoms with E-state index in [2.05, 4.69) is 31.1 Å². The molecule has 0 fully saturated rings. The Bertz CT molecular complexity index is 1200. The predicted molar refractivity (Wildman–Crippen MR) is 121 cm³/mol. The van der Waals surface area contributed by atoms with Gasteiger partial charge in [-0.2, -0.15) is 5.10 Å². The van der Waals surface area contributed by atoms with E-state index in [1.165, 1.54) is 16.7 Å². The number of fused-ring (bicyclic) bond motifs is 2. The number of hydrogen-bond acceptors (Lipinski definition) is 4. The van der Waals surface area contributed by atoms with E-state index in [1.54, 1.807) is 16.8 Å². The Morgan fingerprint density at radius 3 is 2.59 bits per heavy atom. The van der Waals surface area contributed by atoms with E-state index in [9.17, 15) is 9.59 Å². The summed E-state index contributed by atoms with van der Waals surface area (Å²) in [5, 5.41) is 4.62. The van der Waals surface area contributed by atoms with E-state index in [0.717, 1.165) is 5.56 Å². The lowest BCUT2D eigenvalue weighted by Crippen LogP contribution is -2.54. The van der Waals surface area contributed by atoms with E-state index in [1.807, 2.05) is 41.2 Å². The summed E-state index contributed by atoms with van der Waals surface area (Å²) in [6.07, 6.45) is 2.62. The minimum atomic E-state index is -0.684. The summed E-state index contributed by atoms with van der Waals surface area (Å²) in [7, 11) is 1.72. The number of rotatable bonds is 3. The summed E-state index contributed by atoms with van der Waals surface area (Å²) in [4.78, 5) is 29.8. The van der Waals surface area contributed by atoms with Crippen LogP contribution in [-0.2, 0) is 17.8 Å². The lowest BCUT2D eigenvalue weighted by Gasteiger charge is -2.33. The van der Waals surface area contributed by atoms with Gasteiger partial charge in [-0.25, -0.2) is 0 Å². The van der Waals surface area contributed by atoms with Gasteiger partial charge in [0.15, 0.2) is 5.69 Å². The molecule has 1 atom stereocenters. The number of hydrogen-bond donors (Lipinski definition) is 0. The number of anilines is 1. The monoisotopic (exact) mass is 430 g/mol. The highest BCUT2D eigenvalue weighted by molar-refractivity contribution is 6.03. The van der Waals surface area contributed by atoms with Crippen LogP contribution in [-0.4, -0.2) is 52.7 Å². The van der Waals surface area contributed by atoms with Crippen molar-refractivity contribution in [1.29, 1.82) is 0 Å². The zero-order chi connectivity index (χ0) is 22.4. The first-order chi connectivity index (χ1) is 15.4. The Balaban J connectivity index is 1.40. The molecule has 7 heteroatoms. The molecule has 7 nitrogen and oxygen atoms in total. The molecule has 0 unspecified atom stereocenters. The number of ether oxygens (including phenoxy) is 1. The third-order valence-electron chi connectivity index (χ3n) is 6.50. The highest BCUT2D eigenvalue weighted by Gasteiger charge is 2.39. The lowest BCUT2D eigenvalue weighted by atomic mass is 10.0. The quantitative estimate of drug-likeness (QED) is 0.641. The molecule has 0 spiro atoms. The third-order valence-corrected chi connectivity index (χ3v) is 6.50. The summed E-state index contributed by atoms with van der Waals surface area (Å²) in [5.74, 6) is 0.281. The Kier molecular flexibility index (Phi) is 4.96. The van der Waals surface area contributed by atoms with E-state index in [-0.39, 0.29) is 18.4 Å². The second-order valence-electron chi connectivity index (χ2n) is 8.51. The molecule has 0 saturated carbocycles. The highest BCUT2D eigenvalue weighted by atomic mass is 16.5. The number of para-hydroxylation sites is 2. The van der Waals surface area contributed by atoms with E-state index in [4.69, 9.17) is 4.74 Å². The summed E-state index contributed by atoms with van der Waals surface area (Å²) >= 11 is 0. The van der Waals surface area contributed by atoms with Gasteiger partial charge in [-0.15, -0.1) is 0 Å². The molecule has 2 aliphatic heterocycles. The average Bonchev–Trinajstić information content (AvgIpc) is 3.16. The van der Waals surface area contributed by atoms with Crippen LogP contribution in [0.4, 0.5) is 5.69 Å². The Hall–Kier alpha value is -3.61. The molecule has 0 radical (unpaired) electrons. The number of amides is 2. The van der Waals surface area contributed by atoms with E-state index in [0.29, 0.717) is 36.6 Å². The van der Waals surface area contributed by atoms with Gasteiger partial charge in [-0.05, 0) is 49.1 Å². The smallest absolute Gasteiger partial charge is 0.275 e. The number of carbonyl (C=O) groups excluding carboxylic acids is 2. The summed E-state index contributed by atoms with van der Waals surface area (Å²) in [6, 6.07) is 13.0. The molecule has 0 N–H and O–H groups in total. The molecule has 2 amide bonds. The van der Waals surface area contributed by atoms with Crippen molar-refractivity contribution in [2.75, 3.05) is 25.1 Å². The summed E-state index contributed by atoms with van der Waals surface area (Å²) < 4.78 is 7.76. The fraction of sp³-hybridized carbons (Fsp3) is 0.320. The van der Waals surface area contributed by atoms with Gasteiger partial charge >= 0.3 is 0 Å². The largest absolute Gasteiger partial charge is 0.489 e. The normalized spacial score (nSPS) is 18.2. The highest BCUT2D eigenvalue weighted by Crippen LogP contribution is 2.32. The fourth-order valence-corrected chi connectivity index (χ4v) is 4.60. The molecule has 1 aromatic heterocycles. The summed E-state index contributed by atoms with van der Waals surface area (Å²) in [6.45, 7) is 5.38. The number of aromatic nitrogens is 2. The predicted octanol–water partition coefficient (Wildman–Crippen LogP) is 2.97. The van der Waals surface area contributed by atoms with Gasteiger partial charge in [-0.1, -0.05) is 30.3 Å². The molecule has 0 aliphatic carbocycles. The minimum absolute atomic E-state index is 0.129. The second-order valence-corrected chi connectivity index (χ2v) is 8.51. The van der Waals surface area contributed by atoms with E-state index >= 15 is 0 Å². The van der Waals surface area contributed by atoms with Crippen molar-refractivity contribution in [1.82, 2.24) is 14.7 Å². The molecule has 2 aromatic carbocycles. The van der Waals surface area contributed by atoms with Crippen molar-refractivity contribution >= 4 is 17.5 Å². The maximum absolute atomic E-state index is 13.4. The minimum Gasteiger partial charge on any atom is -0.489 e. The van der Waals surface area contributed by atoms with Gasteiger partial charge in [0, 0.05) is 25.4 Å². The Labute approximate surface area is 187 Å². The van der Waals surface area contributed by atoms with Crippen LogP contribution in [0.3, 0.4) is 0 Å². The molecule has 3 heterocycles. The average molecular weight is 431 g/mol. The van der Waals surface area contributed by atoms with Crippen molar-refractivity contribution in [2.24, 2.45) is 0 Å². The van der Waals surface area contributed by atoms with Crippen LogP contribution in [0.1, 0.15) is 32.7 Å². The number of benzene rings is 2. The zero-order valence-electron chi connectivity index (χ0n) is 18.5. The van der Waals surface area contributed by atoms with Crippen molar-refractivity contribution < 1.29 is 14.3 Å². The molecule has 0 bridgehead atoms. The first-order valence-electron chi connectivity index (χ1n) is 10.9. The van der Waals surface area contributed by atoms with Gasteiger partial charge in [-0.3, -0.25) is 14.3 Å². The number of aryl methyl sites for hydroxylation is 2. The molecule has 5 rings (SSSR count). The van der Waals surface area contributed by atoms with Crippen LogP contribution >= 0.6 is 0 Å². The van der Waals surface area contributed by atoms with Crippen molar-refractivity contribution in [3.05, 3.63) is 76.6 Å². The van der Waals surface area contributed by atoms with Crippen LogP contribution in [0.15, 0.2) is 48.7 Å². The molecule has 164 valence electrons. The standard InChI is InChI=1S/C25H26N4O3/c1-16-7-6-8-17(2)19(16)14-28-13-18-11-12-29(25(31)23(18)26-28)21-15-32-22-10-5-4-9-20(22)27(3)24(21)30/h4-10,13,21H,11-12,14-15H2,1-3H3/t21-/m0/s1. The maximum Gasteiger partial charge on any atom is 0.275 e. The molecule has 3 aromatic rings. The molecule has 2 aliphatic rings.